The van der Waals surface area contributed by atoms with Crippen LogP contribution < -0.4 is 15.0 Å². The largest absolute Gasteiger partial charge is 0.489 e. The molecule has 29 heavy (non-hydrogen) atoms. The van der Waals surface area contributed by atoms with Crippen LogP contribution in [0.2, 0.25) is 0 Å². The molecule has 7 heteroatoms. The third-order valence-corrected chi connectivity index (χ3v) is 6.77. The van der Waals surface area contributed by atoms with Gasteiger partial charge in [0, 0.05) is 41.5 Å². The maximum absolute atomic E-state index is 11.9. The van der Waals surface area contributed by atoms with Crippen LogP contribution in [0.4, 0.5) is 10.5 Å². The van der Waals surface area contributed by atoms with Gasteiger partial charge in [0.15, 0.2) is 0 Å². The number of rotatable bonds is 4. The lowest BCUT2D eigenvalue weighted by molar-refractivity contribution is 0.119. The first-order valence-electron chi connectivity index (χ1n) is 10.7. The lowest BCUT2D eigenvalue weighted by Crippen LogP contribution is -2.51. The fraction of sp³-hybridized carbons (Fsp3) is 0.545. The first kappa shape index (κ1) is 18.5. The monoisotopic (exact) mass is 396 g/mol. The van der Waals surface area contributed by atoms with Crippen molar-refractivity contribution in [2.24, 2.45) is 0 Å². The molecule has 7 nitrogen and oxygen atoms in total. The molecule has 3 heterocycles. The molecule has 1 aliphatic carbocycles. The Labute approximate surface area is 170 Å². The summed E-state index contributed by atoms with van der Waals surface area (Å²) in [5.41, 5.74) is 3.82. The number of nitrogens with zero attached hydrogens (tertiary/aromatic N) is 3. The van der Waals surface area contributed by atoms with Crippen LogP contribution in [-0.2, 0) is 6.42 Å². The van der Waals surface area contributed by atoms with Gasteiger partial charge in [0.25, 0.3) is 0 Å². The number of hydrogen-bond donors (Lipinski definition) is 2. The van der Waals surface area contributed by atoms with Crippen LogP contribution >= 0.6 is 0 Å². The molecule has 1 saturated carbocycles. The van der Waals surface area contributed by atoms with Gasteiger partial charge in [-0.1, -0.05) is 0 Å². The van der Waals surface area contributed by atoms with Gasteiger partial charge in [0.05, 0.1) is 24.0 Å². The molecule has 3 aliphatic rings. The molecule has 1 unspecified atom stereocenters. The van der Waals surface area contributed by atoms with Crippen LogP contribution in [-0.4, -0.2) is 45.7 Å². The highest BCUT2D eigenvalue weighted by molar-refractivity contribution is 5.91. The number of carbonyl (C=O) groups is 1. The zero-order valence-electron chi connectivity index (χ0n) is 17.0. The van der Waals surface area contributed by atoms with Crippen molar-refractivity contribution in [1.29, 1.82) is 0 Å². The number of amides is 1. The van der Waals surface area contributed by atoms with E-state index < -0.39 is 6.09 Å². The molecule has 0 bridgehead atoms. The molecule has 1 saturated heterocycles. The van der Waals surface area contributed by atoms with Crippen LogP contribution in [0.1, 0.15) is 51.1 Å². The van der Waals surface area contributed by atoms with E-state index in [-0.39, 0.29) is 12.1 Å². The zero-order valence-corrected chi connectivity index (χ0v) is 17.0. The highest BCUT2D eigenvalue weighted by atomic mass is 16.5. The number of aromatic nitrogens is 2. The Morgan fingerprint density at radius 3 is 2.72 bits per heavy atom. The average Bonchev–Trinajstić information content (AvgIpc) is 3.11. The van der Waals surface area contributed by atoms with Crippen LogP contribution in [0, 0.1) is 0 Å². The van der Waals surface area contributed by atoms with Crippen molar-refractivity contribution >= 4 is 11.8 Å². The summed E-state index contributed by atoms with van der Waals surface area (Å²) in [5, 5.41) is 17.7. The van der Waals surface area contributed by atoms with Crippen molar-refractivity contribution in [3.8, 4) is 16.9 Å². The molecule has 5 rings (SSSR count). The van der Waals surface area contributed by atoms with E-state index in [1.54, 1.807) is 0 Å². The molecular formula is C22H28N4O3. The third-order valence-electron chi connectivity index (χ3n) is 6.77. The van der Waals surface area contributed by atoms with Gasteiger partial charge >= 0.3 is 6.09 Å². The first-order chi connectivity index (χ1) is 14.0. The fourth-order valence-electron chi connectivity index (χ4n) is 4.55. The van der Waals surface area contributed by atoms with Crippen molar-refractivity contribution in [3.63, 3.8) is 0 Å². The molecule has 1 aromatic heterocycles. The van der Waals surface area contributed by atoms with E-state index in [4.69, 9.17) is 4.74 Å². The number of fused-ring (bicyclic) bond motifs is 1. The summed E-state index contributed by atoms with van der Waals surface area (Å²) in [6.45, 7) is 5.07. The molecule has 154 valence electrons. The van der Waals surface area contributed by atoms with Crippen LogP contribution in [0.15, 0.2) is 24.5 Å². The summed E-state index contributed by atoms with van der Waals surface area (Å²) >= 11 is 0. The number of benzene rings is 1. The zero-order chi connectivity index (χ0) is 20.1. The van der Waals surface area contributed by atoms with Gasteiger partial charge in [-0.15, -0.1) is 0 Å². The van der Waals surface area contributed by atoms with Gasteiger partial charge in [0.1, 0.15) is 5.75 Å². The van der Waals surface area contributed by atoms with Crippen molar-refractivity contribution in [2.75, 3.05) is 11.4 Å². The number of hydrogen-bond acceptors (Lipinski definition) is 4. The van der Waals surface area contributed by atoms with Crippen molar-refractivity contribution in [3.05, 3.63) is 30.1 Å². The predicted molar refractivity (Wildman–Crippen MR) is 111 cm³/mol. The average molecular weight is 396 g/mol. The molecule has 0 spiro atoms. The molecule has 0 radical (unpaired) electrons. The summed E-state index contributed by atoms with van der Waals surface area (Å²) in [6.07, 6.45) is 8.27. The lowest BCUT2D eigenvalue weighted by atomic mass is 9.91. The second-order valence-electron chi connectivity index (χ2n) is 8.62. The van der Waals surface area contributed by atoms with Gasteiger partial charge in [-0.25, -0.2) is 4.79 Å². The summed E-state index contributed by atoms with van der Waals surface area (Å²) in [6, 6.07) is 4.71. The number of anilines is 1. The fourth-order valence-corrected chi connectivity index (χ4v) is 4.55. The standard InChI is InChI=1S/C22H28N4O3/c1-13-6-7-18-19(26(13)22(27)28)9-8-17(21(18)29-16-4-3-5-16)15-10-24-25(12-15)20-11-23-14(20)2/h8-10,12-14,16,20,23H,3-7,11H2,1-2H3,(H,27,28)/t13-,14-,20?/m0/s1. The highest BCUT2D eigenvalue weighted by Crippen LogP contribution is 2.44. The Morgan fingerprint density at radius 1 is 1.28 bits per heavy atom. The van der Waals surface area contributed by atoms with Gasteiger partial charge in [0.2, 0.25) is 0 Å². The van der Waals surface area contributed by atoms with Crippen LogP contribution in [0.3, 0.4) is 0 Å². The quantitative estimate of drug-likeness (QED) is 0.821. The Kier molecular flexibility index (Phi) is 4.50. The van der Waals surface area contributed by atoms with E-state index in [0.717, 1.165) is 60.4 Å². The van der Waals surface area contributed by atoms with E-state index in [9.17, 15) is 9.90 Å². The number of ether oxygens (including phenoxy) is 1. The molecule has 1 aromatic carbocycles. The summed E-state index contributed by atoms with van der Waals surface area (Å²) < 4.78 is 8.50. The van der Waals surface area contributed by atoms with E-state index in [1.807, 2.05) is 29.9 Å². The van der Waals surface area contributed by atoms with Gasteiger partial charge < -0.3 is 15.2 Å². The number of nitrogens with one attached hydrogen (secondary N) is 1. The molecule has 1 amide bonds. The van der Waals surface area contributed by atoms with Gasteiger partial charge in [-0.2, -0.15) is 5.10 Å². The predicted octanol–water partition coefficient (Wildman–Crippen LogP) is 3.83. The van der Waals surface area contributed by atoms with Crippen LogP contribution in [0.5, 0.6) is 5.75 Å². The van der Waals surface area contributed by atoms with E-state index >= 15 is 0 Å². The summed E-state index contributed by atoms with van der Waals surface area (Å²) in [4.78, 5) is 13.4. The summed E-state index contributed by atoms with van der Waals surface area (Å²) in [5.74, 6) is 0.852. The molecule has 3 atom stereocenters. The smallest absolute Gasteiger partial charge is 0.412 e. The normalized spacial score (nSPS) is 26.4. The van der Waals surface area contributed by atoms with Crippen molar-refractivity contribution in [2.45, 2.75) is 70.2 Å². The van der Waals surface area contributed by atoms with E-state index in [0.29, 0.717) is 12.1 Å². The second kappa shape index (κ2) is 7.06. The summed E-state index contributed by atoms with van der Waals surface area (Å²) in [7, 11) is 0. The van der Waals surface area contributed by atoms with E-state index in [1.165, 1.54) is 11.3 Å². The second-order valence-corrected chi connectivity index (χ2v) is 8.62. The molecule has 2 fully saturated rings. The Hall–Kier alpha value is -2.54. The third kappa shape index (κ3) is 3.08. The van der Waals surface area contributed by atoms with Gasteiger partial charge in [-0.05, 0) is 58.1 Å². The first-order valence-corrected chi connectivity index (χ1v) is 10.7. The lowest BCUT2D eigenvalue weighted by Gasteiger charge is -2.36. The highest BCUT2D eigenvalue weighted by Gasteiger charge is 2.33. The van der Waals surface area contributed by atoms with E-state index in [2.05, 4.69) is 23.5 Å². The SMILES string of the molecule is C[C@@H]1NCC1n1cc(-c2ccc3c(c2OC2CCC2)CC[C@H](C)N3C(=O)O)cn1. The molecule has 2 N–H and O–H groups in total. The minimum absolute atomic E-state index is 0.0299. The topological polar surface area (TPSA) is 79.6 Å². The van der Waals surface area contributed by atoms with Gasteiger partial charge in [-0.3, -0.25) is 9.58 Å². The van der Waals surface area contributed by atoms with Crippen molar-refractivity contribution < 1.29 is 14.6 Å². The Morgan fingerprint density at radius 2 is 2.10 bits per heavy atom. The Balaban J connectivity index is 1.57. The minimum atomic E-state index is -0.903. The van der Waals surface area contributed by atoms with Crippen molar-refractivity contribution in [1.82, 2.24) is 15.1 Å². The molecule has 2 aromatic rings. The Bertz CT molecular complexity index is 936. The maximum atomic E-state index is 11.9. The molecular weight excluding hydrogens is 368 g/mol. The maximum Gasteiger partial charge on any atom is 0.412 e. The minimum Gasteiger partial charge on any atom is -0.489 e. The van der Waals surface area contributed by atoms with Crippen LogP contribution in [0.25, 0.3) is 11.1 Å². The number of carboxylic acid groups (broad SMARTS) is 1. The molecule has 2 aliphatic heterocycles.